The average molecular weight is 359 g/mol. The summed E-state index contributed by atoms with van der Waals surface area (Å²) in [5, 5.41) is 6.01. The molecule has 0 saturated heterocycles. The van der Waals surface area contributed by atoms with Crippen LogP contribution in [0.1, 0.15) is 38.8 Å². The van der Waals surface area contributed by atoms with Crippen molar-refractivity contribution in [1.29, 1.82) is 0 Å². The fourth-order valence-electron chi connectivity index (χ4n) is 2.57. The summed E-state index contributed by atoms with van der Waals surface area (Å²) in [6.45, 7) is 5.53. The number of aryl methyl sites for hydroxylation is 2. The third-order valence-electron chi connectivity index (χ3n) is 4.35. The summed E-state index contributed by atoms with van der Waals surface area (Å²) in [4.78, 5) is 27.9. The number of carbonyl (C=O) groups excluding carboxylic acids is 2. The van der Waals surface area contributed by atoms with Crippen LogP contribution in [0.15, 0.2) is 60.8 Å². The summed E-state index contributed by atoms with van der Waals surface area (Å²) in [7, 11) is 0. The van der Waals surface area contributed by atoms with Crippen molar-refractivity contribution in [3.8, 4) is 0 Å². The first-order valence-corrected chi connectivity index (χ1v) is 8.65. The highest BCUT2D eigenvalue weighted by atomic mass is 16.1. The van der Waals surface area contributed by atoms with Crippen LogP contribution in [-0.4, -0.2) is 16.7 Å². The van der Waals surface area contributed by atoms with Crippen LogP contribution in [0.4, 0.5) is 17.2 Å². The Balaban J connectivity index is 1.65. The van der Waals surface area contributed by atoms with Gasteiger partial charge >= 0.3 is 0 Å². The van der Waals surface area contributed by atoms with Crippen LogP contribution in [0.3, 0.4) is 0 Å². The molecule has 2 aromatic carbocycles. The van der Waals surface area contributed by atoms with E-state index in [1.54, 1.807) is 30.5 Å². The lowest BCUT2D eigenvalue weighted by molar-refractivity contribution is 0.101. The van der Waals surface area contributed by atoms with E-state index < -0.39 is 0 Å². The van der Waals surface area contributed by atoms with Gasteiger partial charge < -0.3 is 10.6 Å². The fraction of sp³-hybridized carbons (Fsp3) is 0.136. The minimum Gasteiger partial charge on any atom is -0.354 e. The Labute approximate surface area is 158 Å². The van der Waals surface area contributed by atoms with Gasteiger partial charge in [-0.1, -0.05) is 6.07 Å². The molecule has 0 bridgehead atoms. The van der Waals surface area contributed by atoms with E-state index in [9.17, 15) is 9.59 Å². The highest BCUT2D eigenvalue weighted by Crippen LogP contribution is 2.18. The monoisotopic (exact) mass is 359 g/mol. The van der Waals surface area contributed by atoms with Crippen molar-refractivity contribution in [2.75, 3.05) is 10.6 Å². The molecule has 0 spiro atoms. The van der Waals surface area contributed by atoms with E-state index in [2.05, 4.69) is 15.6 Å². The maximum Gasteiger partial charge on any atom is 0.256 e. The Morgan fingerprint density at radius 1 is 0.815 bits per heavy atom. The Kier molecular flexibility index (Phi) is 5.31. The topological polar surface area (TPSA) is 71.1 Å². The lowest BCUT2D eigenvalue weighted by Gasteiger charge is -2.09. The van der Waals surface area contributed by atoms with Gasteiger partial charge in [-0.05, 0) is 80.4 Å². The molecular weight excluding hydrogens is 338 g/mol. The van der Waals surface area contributed by atoms with Crippen LogP contribution in [0.2, 0.25) is 0 Å². The number of nitrogens with one attached hydrogen (secondary N) is 2. The zero-order valence-electron chi connectivity index (χ0n) is 15.5. The summed E-state index contributed by atoms with van der Waals surface area (Å²) in [6, 6.07) is 16.4. The number of hydrogen-bond acceptors (Lipinski definition) is 4. The van der Waals surface area contributed by atoms with Crippen LogP contribution in [0.5, 0.6) is 0 Å². The predicted molar refractivity (Wildman–Crippen MR) is 108 cm³/mol. The minimum absolute atomic E-state index is 0.0343. The highest BCUT2D eigenvalue weighted by Gasteiger charge is 2.08. The molecular formula is C22H21N3O2. The Morgan fingerprint density at radius 3 is 2.07 bits per heavy atom. The minimum atomic E-state index is -0.189. The van der Waals surface area contributed by atoms with Gasteiger partial charge in [-0.2, -0.15) is 0 Å². The average Bonchev–Trinajstić information content (AvgIpc) is 2.66. The molecule has 1 amide bonds. The first kappa shape index (κ1) is 18.3. The molecule has 1 heterocycles. The molecule has 5 heteroatoms. The molecule has 0 atom stereocenters. The van der Waals surface area contributed by atoms with Crippen LogP contribution in [0.25, 0.3) is 0 Å². The molecule has 2 N–H and O–H groups in total. The maximum atomic E-state index is 12.3. The summed E-state index contributed by atoms with van der Waals surface area (Å²) in [6.07, 6.45) is 1.65. The summed E-state index contributed by atoms with van der Waals surface area (Å²) in [5.74, 6) is 0.328. The van der Waals surface area contributed by atoms with Crippen LogP contribution in [0, 0.1) is 13.8 Å². The van der Waals surface area contributed by atoms with Crippen LogP contribution < -0.4 is 10.6 Å². The number of rotatable bonds is 5. The molecule has 136 valence electrons. The summed E-state index contributed by atoms with van der Waals surface area (Å²) < 4.78 is 0. The predicted octanol–water partition coefficient (Wildman–Crippen LogP) is 4.90. The molecule has 0 aliphatic carbocycles. The SMILES string of the molecule is CC(=O)c1ccc(Nc2ccc(NC(=O)c3ccc(C)c(C)c3)nc2)cc1. The number of aromatic nitrogens is 1. The van der Waals surface area contributed by atoms with Gasteiger partial charge in [0.15, 0.2) is 5.78 Å². The number of nitrogens with zero attached hydrogens (tertiary/aromatic N) is 1. The van der Waals surface area contributed by atoms with Gasteiger partial charge in [0.2, 0.25) is 0 Å². The van der Waals surface area contributed by atoms with E-state index >= 15 is 0 Å². The molecule has 1 aromatic heterocycles. The highest BCUT2D eigenvalue weighted by molar-refractivity contribution is 6.04. The number of anilines is 3. The van der Waals surface area contributed by atoms with Gasteiger partial charge in [-0.3, -0.25) is 9.59 Å². The van der Waals surface area contributed by atoms with Crippen LogP contribution >= 0.6 is 0 Å². The van der Waals surface area contributed by atoms with Crippen molar-refractivity contribution in [3.05, 3.63) is 83.0 Å². The van der Waals surface area contributed by atoms with Gasteiger partial charge in [0, 0.05) is 16.8 Å². The molecule has 0 aliphatic heterocycles. The standard InChI is InChI=1S/C22H21N3O2/c1-14-4-5-18(12-15(14)2)22(27)25-21-11-10-20(13-23-21)24-19-8-6-17(7-9-19)16(3)26/h4-13,24H,1-3H3,(H,23,25,27). The second-order valence-electron chi connectivity index (χ2n) is 6.44. The molecule has 0 fully saturated rings. The van der Waals surface area contributed by atoms with Crippen molar-refractivity contribution in [2.24, 2.45) is 0 Å². The Hall–Kier alpha value is -3.47. The van der Waals surface area contributed by atoms with Crippen molar-refractivity contribution in [2.45, 2.75) is 20.8 Å². The molecule has 0 radical (unpaired) electrons. The second-order valence-corrected chi connectivity index (χ2v) is 6.44. The Bertz CT molecular complexity index is 977. The van der Waals surface area contributed by atoms with Crippen molar-refractivity contribution in [1.82, 2.24) is 4.98 Å². The summed E-state index contributed by atoms with van der Waals surface area (Å²) in [5.41, 5.74) is 5.14. The van der Waals surface area contributed by atoms with Gasteiger partial charge in [0.25, 0.3) is 5.91 Å². The molecule has 0 saturated carbocycles. The van der Waals surface area contributed by atoms with E-state index in [-0.39, 0.29) is 11.7 Å². The number of benzene rings is 2. The Morgan fingerprint density at radius 2 is 1.48 bits per heavy atom. The second kappa shape index (κ2) is 7.83. The molecule has 0 unspecified atom stereocenters. The number of carbonyl (C=O) groups is 2. The van der Waals surface area contributed by atoms with Crippen molar-refractivity contribution >= 4 is 28.9 Å². The number of hydrogen-bond donors (Lipinski definition) is 2. The third kappa shape index (κ3) is 4.58. The third-order valence-corrected chi connectivity index (χ3v) is 4.35. The van der Waals surface area contributed by atoms with Crippen molar-refractivity contribution < 1.29 is 9.59 Å². The quantitative estimate of drug-likeness (QED) is 0.636. The van der Waals surface area contributed by atoms with E-state index in [4.69, 9.17) is 0 Å². The van der Waals surface area contributed by atoms with E-state index in [0.717, 1.165) is 22.5 Å². The normalized spacial score (nSPS) is 10.3. The maximum absolute atomic E-state index is 12.3. The molecule has 27 heavy (non-hydrogen) atoms. The smallest absolute Gasteiger partial charge is 0.256 e. The molecule has 3 rings (SSSR count). The first-order valence-electron chi connectivity index (χ1n) is 8.65. The first-order chi connectivity index (χ1) is 12.9. The van der Waals surface area contributed by atoms with Crippen molar-refractivity contribution in [3.63, 3.8) is 0 Å². The lowest BCUT2D eigenvalue weighted by atomic mass is 10.1. The lowest BCUT2D eigenvalue weighted by Crippen LogP contribution is -2.13. The molecule has 3 aromatic rings. The number of amides is 1. The largest absolute Gasteiger partial charge is 0.354 e. The zero-order chi connectivity index (χ0) is 19.4. The van der Waals surface area contributed by atoms with Crippen LogP contribution in [-0.2, 0) is 0 Å². The van der Waals surface area contributed by atoms with E-state index in [0.29, 0.717) is 16.9 Å². The van der Waals surface area contributed by atoms with Gasteiger partial charge in [0.1, 0.15) is 5.82 Å². The number of pyridine rings is 1. The van der Waals surface area contributed by atoms with E-state index in [1.807, 2.05) is 44.2 Å². The van der Waals surface area contributed by atoms with E-state index in [1.165, 1.54) is 6.92 Å². The summed E-state index contributed by atoms with van der Waals surface area (Å²) >= 11 is 0. The molecule has 5 nitrogen and oxygen atoms in total. The molecule has 0 aliphatic rings. The van der Waals surface area contributed by atoms with Gasteiger partial charge in [-0.25, -0.2) is 4.98 Å². The van der Waals surface area contributed by atoms with Gasteiger partial charge in [0.05, 0.1) is 11.9 Å². The number of Topliss-reactive ketones (excluding diaryl/α,β-unsaturated/α-hetero) is 1. The number of ketones is 1. The zero-order valence-corrected chi connectivity index (χ0v) is 15.5. The fourth-order valence-corrected chi connectivity index (χ4v) is 2.57. The van der Waals surface area contributed by atoms with Gasteiger partial charge in [-0.15, -0.1) is 0 Å².